The number of rotatable bonds is 4. The topological polar surface area (TPSA) is 66.8 Å². The van der Waals surface area contributed by atoms with Crippen molar-refractivity contribution in [3.8, 4) is 11.5 Å². The van der Waals surface area contributed by atoms with Crippen molar-refractivity contribution in [1.82, 2.24) is 4.90 Å². The summed E-state index contributed by atoms with van der Waals surface area (Å²) in [5, 5.41) is 9.74. The minimum absolute atomic E-state index is 0.0245. The molecular formula is C19H22INO4S. The van der Waals surface area contributed by atoms with E-state index >= 15 is 0 Å². The van der Waals surface area contributed by atoms with Gasteiger partial charge in [0.05, 0.1) is 15.6 Å². The van der Waals surface area contributed by atoms with Gasteiger partial charge in [0.15, 0.2) is 11.5 Å². The number of methoxy groups -OCH3 is 1. The van der Waals surface area contributed by atoms with Gasteiger partial charge in [0.2, 0.25) is 0 Å². The molecule has 5 nitrogen and oxygen atoms in total. The highest BCUT2D eigenvalue weighted by molar-refractivity contribution is 14.1. The van der Waals surface area contributed by atoms with Crippen LogP contribution in [0.4, 0.5) is 4.79 Å². The van der Waals surface area contributed by atoms with Crippen molar-refractivity contribution in [2.45, 2.75) is 39.0 Å². The monoisotopic (exact) mass is 487 g/mol. The Kier molecular flexibility index (Phi) is 5.86. The van der Waals surface area contributed by atoms with Crippen LogP contribution < -0.4 is 4.74 Å². The van der Waals surface area contributed by atoms with Gasteiger partial charge < -0.3 is 9.84 Å². The summed E-state index contributed by atoms with van der Waals surface area (Å²) in [6, 6.07) is 3.42. The summed E-state index contributed by atoms with van der Waals surface area (Å²) >= 11 is 2.99. The van der Waals surface area contributed by atoms with E-state index in [1.807, 2.05) is 22.6 Å². The fourth-order valence-electron chi connectivity index (χ4n) is 3.57. The Labute approximate surface area is 171 Å². The fourth-order valence-corrected chi connectivity index (χ4v) is 5.03. The number of carbonyl (C=O) groups excluding carboxylic acids is 2. The maximum atomic E-state index is 12.8. The zero-order valence-electron chi connectivity index (χ0n) is 14.9. The van der Waals surface area contributed by atoms with E-state index in [2.05, 4.69) is 6.92 Å². The minimum Gasteiger partial charge on any atom is -0.504 e. The first-order valence-corrected chi connectivity index (χ1v) is 10.5. The quantitative estimate of drug-likeness (QED) is 0.478. The number of benzene rings is 1. The number of hydrogen-bond acceptors (Lipinski definition) is 5. The van der Waals surface area contributed by atoms with Crippen molar-refractivity contribution < 1.29 is 19.4 Å². The number of thioether (sulfide) groups is 1. The molecule has 3 rings (SSSR count). The molecule has 2 fully saturated rings. The van der Waals surface area contributed by atoms with Crippen LogP contribution in [0.15, 0.2) is 17.0 Å². The summed E-state index contributed by atoms with van der Waals surface area (Å²) in [5.41, 5.74) is 0.745. The molecule has 140 valence electrons. The molecule has 0 atom stereocenters. The van der Waals surface area contributed by atoms with Gasteiger partial charge >= 0.3 is 0 Å². The lowest BCUT2D eigenvalue weighted by Crippen LogP contribution is -2.39. The van der Waals surface area contributed by atoms with Crippen LogP contribution in [-0.4, -0.2) is 34.8 Å². The normalized spacial score (nSPS) is 21.5. The molecule has 1 aromatic carbocycles. The van der Waals surface area contributed by atoms with Gasteiger partial charge in [0, 0.05) is 6.54 Å². The van der Waals surface area contributed by atoms with Gasteiger partial charge in [0.25, 0.3) is 11.1 Å². The van der Waals surface area contributed by atoms with Crippen molar-refractivity contribution in [3.63, 3.8) is 0 Å². The molecule has 0 unspecified atom stereocenters. The highest BCUT2D eigenvalue weighted by atomic mass is 127. The minimum atomic E-state index is -0.228. The zero-order valence-corrected chi connectivity index (χ0v) is 17.9. The van der Waals surface area contributed by atoms with E-state index in [0.717, 1.165) is 43.0 Å². The fraction of sp³-hybridized carbons (Fsp3) is 0.474. The first-order chi connectivity index (χ1) is 12.3. The molecule has 1 aliphatic heterocycles. The first-order valence-electron chi connectivity index (χ1n) is 8.65. The van der Waals surface area contributed by atoms with E-state index in [4.69, 9.17) is 4.74 Å². The highest BCUT2D eigenvalue weighted by Gasteiger charge is 2.40. The molecule has 1 saturated carbocycles. The number of imide groups is 1. The van der Waals surface area contributed by atoms with Crippen LogP contribution in [0.1, 0.15) is 44.6 Å². The number of hydrogen-bond donors (Lipinski definition) is 1. The standard InChI is InChI=1S/C19H22INO4S/c1-19(6-4-3-5-7-19)11-21-17(23)15(26-18(21)24)10-12-8-13(20)16(22)14(9-12)25-2/h8-10,22H,3-7,11H2,1-2H3/b15-10-. The molecule has 7 heteroatoms. The predicted molar refractivity (Wildman–Crippen MR) is 111 cm³/mol. The lowest BCUT2D eigenvalue weighted by atomic mass is 9.75. The van der Waals surface area contributed by atoms with Crippen LogP contribution in [0.25, 0.3) is 6.08 Å². The second kappa shape index (κ2) is 7.80. The first kappa shape index (κ1) is 19.5. The lowest BCUT2D eigenvalue weighted by Gasteiger charge is -2.35. The van der Waals surface area contributed by atoms with Gasteiger partial charge in [0.1, 0.15) is 0 Å². The van der Waals surface area contributed by atoms with Gasteiger partial charge in [-0.2, -0.15) is 0 Å². The summed E-state index contributed by atoms with van der Waals surface area (Å²) in [6.07, 6.45) is 7.36. The third-order valence-corrected chi connectivity index (χ3v) is 6.77. The van der Waals surface area contributed by atoms with Crippen LogP contribution >= 0.6 is 34.4 Å². The van der Waals surface area contributed by atoms with Gasteiger partial charge in [-0.3, -0.25) is 14.5 Å². The molecule has 1 aliphatic carbocycles. The Balaban J connectivity index is 1.82. The van der Waals surface area contributed by atoms with E-state index in [-0.39, 0.29) is 22.3 Å². The highest BCUT2D eigenvalue weighted by Crippen LogP contribution is 2.41. The number of phenolic OH excluding ortho intramolecular Hbond substituents is 1. The maximum absolute atomic E-state index is 12.8. The second-order valence-electron chi connectivity index (χ2n) is 7.19. The van der Waals surface area contributed by atoms with Crippen LogP contribution in [0.5, 0.6) is 11.5 Å². The predicted octanol–water partition coefficient (Wildman–Crippen LogP) is 5.01. The molecule has 2 aliphatic rings. The van der Waals surface area contributed by atoms with Gasteiger partial charge in [-0.1, -0.05) is 26.2 Å². The van der Waals surface area contributed by atoms with Gasteiger partial charge in [-0.15, -0.1) is 0 Å². The summed E-state index contributed by atoms with van der Waals surface area (Å²) < 4.78 is 5.79. The van der Waals surface area contributed by atoms with E-state index in [9.17, 15) is 14.7 Å². The summed E-state index contributed by atoms with van der Waals surface area (Å²) in [6.45, 7) is 2.66. The van der Waals surface area contributed by atoms with Gasteiger partial charge in [-0.05, 0) is 76.4 Å². The molecular weight excluding hydrogens is 465 g/mol. The van der Waals surface area contributed by atoms with Crippen molar-refractivity contribution in [3.05, 3.63) is 26.2 Å². The smallest absolute Gasteiger partial charge is 0.293 e. The molecule has 0 aromatic heterocycles. The number of phenols is 1. The average molecular weight is 487 g/mol. The number of amides is 2. The Morgan fingerprint density at radius 1 is 1.31 bits per heavy atom. The molecule has 1 heterocycles. The lowest BCUT2D eigenvalue weighted by molar-refractivity contribution is -0.124. The van der Waals surface area contributed by atoms with E-state index in [1.165, 1.54) is 18.4 Å². The van der Waals surface area contributed by atoms with E-state index < -0.39 is 0 Å². The maximum Gasteiger partial charge on any atom is 0.293 e. The van der Waals surface area contributed by atoms with Crippen LogP contribution in [-0.2, 0) is 4.79 Å². The third kappa shape index (κ3) is 4.03. The van der Waals surface area contributed by atoms with Crippen molar-refractivity contribution >= 4 is 51.6 Å². The summed E-state index contributed by atoms with van der Waals surface area (Å²) in [4.78, 5) is 27.0. The van der Waals surface area contributed by atoms with Gasteiger partial charge in [-0.25, -0.2) is 0 Å². The second-order valence-corrected chi connectivity index (χ2v) is 9.35. The molecule has 1 saturated heterocycles. The van der Waals surface area contributed by atoms with Crippen molar-refractivity contribution in [1.29, 1.82) is 0 Å². The van der Waals surface area contributed by atoms with E-state index in [0.29, 0.717) is 20.8 Å². The molecule has 0 radical (unpaired) electrons. The molecule has 1 aromatic rings. The van der Waals surface area contributed by atoms with Crippen LogP contribution in [0.2, 0.25) is 0 Å². The number of carbonyl (C=O) groups is 2. The molecule has 26 heavy (non-hydrogen) atoms. The third-order valence-electron chi connectivity index (χ3n) is 5.04. The van der Waals surface area contributed by atoms with Crippen LogP contribution in [0.3, 0.4) is 0 Å². The van der Waals surface area contributed by atoms with Crippen molar-refractivity contribution in [2.24, 2.45) is 5.41 Å². The molecule has 0 bridgehead atoms. The summed E-state index contributed by atoms with van der Waals surface area (Å²) in [7, 11) is 1.48. The molecule has 0 spiro atoms. The number of aromatic hydroxyl groups is 1. The Morgan fingerprint density at radius 3 is 2.65 bits per heavy atom. The Morgan fingerprint density at radius 2 is 2.00 bits per heavy atom. The Hall–Kier alpha value is -1.22. The average Bonchev–Trinajstić information content (AvgIpc) is 2.85. The SMILES string of the molecule is COc1cc(/C=C2\SC(=O)N(CC3(C)CCCCC3)C2=O)cc(I)c1O. The number of nitrogens with zero attached hydrogens (tertiary/aromatic N) is 1. The largest absolute Gasteiger partial charge is 0.504 e. The molecule has 2 amide bonds. The van der Waals surface area contributed by atoms with Crippen molar-refractivity contribution in [2.75, 3.05) is 13.7 Å². The van der Waals surface area contributed by atoms with E-state index in [1.54, 1.807) is 18.2 Å². The zero-order chi connectivity index (χ0) is 18.9. The number of halogens is 1. The molecule has 1 N–H and O–H groups in total. The number of ether oxygens (including phenoxy) is 1. The van der Waals surface area contributed by atoms with Crippen LogP contribution in [0, 0.1) is 8.99 Å². The Bertz CT molecular complexity index is 771. The summed E-state index contributed by atoms with van der Waals surface area (Å²) in [5.74, 6) is 0.189.